The quantitative estimate of drug-likeness (QED) is 0.479. The molecule has 1 N–H and O–H groups in total. The van der Waals surface area contributed by atoms with Crippen LogP contribution >= 0.6 is 22.9 Å². The molecule has 1 fully saturated rings. The Kier molecular flexibility index (Phi) is 6.63. The highest BCUT2D eigenvalue weighted by Crippen LogP contribution is 2.42. The summed E-state index contributed by atoms with van der Waals surface area (Å²) in [5.74, 6) is -3.11. The maximum Gasteiger partial charge on any atom is 0.471 e. The number of aromatic nitrogens is 1. The smallest absolute Gasteiger partial charge is 0.463 e. The van der Waals surface area contributed by atoms with Crippen molar-refractivity contribution in [2.45, 2.75) is 31.6 Å². The molecular weight excluding hydrogens is 500 g/mol. The van der Waals surface area contributed by atoms with Gasteiger partial charge in [-0.3, -0.25) is 9.79 Å². The van der Waals surface area contributed by atoms with Crippen LogP contribution in [-0.4, -0.2) is 53.0 Å². The average Bonchev–Trinajstić information content (AvgIpc) is 3.42. The molecule has 1 saturated heterocycles. The zero-order valence-corrected chi connectivity index (χ0v) is 19.1. The van der Waals surface area contributed by atoms with Gasteiger partial charge in [0.1, 0.15) is 11.9 Å². The van der Waals surface area contributed by atoms with Gasteiger partial charge in [0.2, 0.25) is 0 Å². The van der Waals surface area contributed by atoms with Crippen molar-refractivity contribution in [1.29, 1.82) is 0 Å². The van der Waals surface area contributed by atoms with Gasteiger partial charge in [0.05, 0.1) is 18.2 Å². The van der Waals surface area contributed by atoms with E-state index in [1.807, 2.05) is 5.32 Å². The number of carbonyl (C=O) groups excluding carboxylic acids is 2. The van der Waals surface area contributed by atoms with Crippen LogP contribution in [0.2, 0.25) is 5.02 Å². The Morgan fingerprint density at radius 3 is 2.74 bits per heavy atom. The number of amides is 1. The Bertz CT molecular complexity index is 1180. The molecule has 1 amide bonds. The molecular formula is C21H17ClF4N4O3S. The SMILES string of the molecule is CCOC(=O)C1=C2C[C@H](NC(=O)C(F)(F)F)CN2C(c2nccs2)=N[C@H]1c1ccc(F)cc1Cl. The number of nitrogens with zero attached hydrogens (tertiary/aromatic N) is 3. The van der Waals surface area contributed by atoms with E-state index < -0.39 is 36.0 Å². The number of aliphatic imine (C=N–C) groups is 1. The maximum absolute atomic E-state index is 13.7. The molecule has 1 aromatic carbocycles. The fraction of sp³-hybridized carbons (Fsp3) is 0.333. The van der Waals surface area contributed by atoms with Gasteiger partial charge in [0.15, 0.2) is 10.8 Å². The predicted molar refractivity (Wildman–Crippen MR) is 116 cm³/mol. The summed E-state index contributed by atoms with van der Waals surface area (Å²) in [4.78, 5) is 35.0. The van der Waals surface area contributed by atoms with Crippen LogP contribution in [-0.2, 0) is 14.3 Å². The standard InChI is InChI=1S/C21H17ClF4N4O3S/c1-2-33-19(31)15-14-8-11(28-20(32)21(24,25)26)9-30(14)17(18-27-5-6-34-18)29-16(15)12-4-3-10(23)7-13(12)22/h3-7,11,16H,2,8-9H2,1H3,(H,28,32)/t11-,16-/m0/s1. The molecule has 2 aliphatic heterocycles. The number of esters is 1. The van der Waals surface area contributed by atoms with Crippen LogP contribution in [0.1, 0.15) is 30.0 Å². The number of thiazole rings is 1. The van der Waals surface area contributed by atoms with E-state index >= 15 is 0 Å². The second kappa shape index (κ2) is 9.34. The van der Waals surface area contributed by atoms with Crippen LogP contribution in [0.3, 0.4) is 0 Å². The number of carbonyl (C=O) groups is 2. The summed E-state index contributed by atoms with van der Waals surface area (Å²) in [6, 6.07) is 1.66. The molecule has 4 rings (SSSR count). The second-order valence-electron chi connectivity index (χ2n) is 7.42. The first-order chi connectivity index (χ1) is 16.1. The Morgan fingerprint density at radius 1 is 1.35 bits per heavy atom. The van der Waals surface area contributed by atoms with E-state index in [1.165, 1.54) is 29.7 Å². The van der Waals surface area contributed by atoms with E-state index in [0.29, 0.717) is 22.1 Å². The molecule has 2 aliphatic rings. The predicted octanol–water partition coefficient (Wildman–Crippen LogP) is 4.01. The minimum atomic E-state index is -5.06. The molecule has 3 heterocycles. The van der Waals surface area contributed by atoms with Gasteiger partial charge in [0, 0.05) is 40.8 Å². The van der Waals surface area contributed by atoms with Crippen LogP contribution in [0.15, 0.2) is 46.0 Å². The first kappa shape index (κ1) is 24.1. The highest BCUT2D eigenvalue weighted by molar-refractivity contribution is 7.11. The average molecular weight is 517 g/mol. The van der Waals surface area contributed by atoms with Gasteiger partial charge in [-0.1, -0.05) is 17.7 Å². The van der Waals surface area contributed by atoms with Gasteiger partial charge >= 0.3 is 18.1 Å². The molecule has 0 saturated carbocycles. The van der Waals surface area contributed by atoms with Crippen LogP contribution < -0.4 is 5.32 Å². The van der Waals surface area contributed by atoms with Crippen LogP contribution in [0.5, 0.6) is 0 Å². The fourth-order valence-corrected chi connectivity index (χ4v) is 4.79. The number of halogens is 5. The lowest BCUT2D eigenvalue weighted by molar-refractivity contribution is -0.174. The number of amidine groups is 1. The summed E-state index contributed by atoms with van der Waals surface area (Å²) in [7, 11) is 0. The van der Waals surface area contributed by atoms with Gasteiger partial charge in [-0.2, -0.15) is 13.2 Å². The summed E-state index contributed by atoms with van der Waals surface area (Å²) in [5.41, 5.74) is 0.700. The summed E-state index contributed by atoms with van der Waals surface area (Å²) in [6.07, 6.45) is -3.61. The number of ether oxygens (including phenoxy) is 1. The largest absolute Gasteiger partial charge is 0.471 e. The second-order valence-corrected chi connectivity index (χ2v) is 8.72. The van der Waals surface area contributed by atoms with Crippen LogP contribution in [0, 0.1) is 5.82 Å². The molecule has 0 unspecified atom stereocenters. The maximum atomic E-state index is 13.7. The lowest BCUT2D eigenvalue weighted by atomic mass is 9.94. The van der Waals surface area contributed by atoms with E-state index in [9.17, 15) is 27.2 Å². The van der Waals surface area contributed by atoms with Gasteiger partial charge in [-0.05, 0) is 19.1 Å². The van der Waals surface area contributed by atoms with Gasteiger partial charge in [-0.15, -0.1) is 11.3 Å². The molecule has 7 nitrogen and oxygen atoms in total. The molecule has 2 aromatic rings. The molecule has 13 heteroatoms. The Hall–Kier alpha value is -2.99. The summed E-state index contributed by atoms with van der Waals surface area (Å²) in [6.45, 7) is 1.58. The highest BCUT2D eigenvalue weighted by Gasteiger charge is 2.45. The van der Waals surface area contributed by atoms with E-state index in [2.05, 4.69) is 9.98 Å². The number of rotatable bonds is 5. The third-order valence-corrected chi connectivity index (χ3v) is 6.33. The van der Waals surface area contributed by atoms with Crippen molar-refractivity contribution in [3.05, 3.63) is 62.5 Å². The van der Waals surface area contributed by atoms with Crippen molar-refractivity contribution in [3.8, 4) is 0 Å². The zero-order chi connectivity index (χ0) is 24.6. The van der Waals surface area contributed by atoms with Crippen molar-refractivity contribution in [2.75, 3.05) is 13.2 Å². The van der Waals surface area contributed by atoms with Crippen molar-refractivity contribution < 1.29 is 31.9 Å². The lowest BCUT2D eigenvalue weighted by Gasteiger charge is -2.31. The third kappa shape index (κ3) is 4.64. The molecule has 34 heavy (non-hydrogen) atoms. The number of fused-ring (bicyclic) bond motifs is 1. The Morgan fingerprint density at radius 2 is 2.12 bits per heavy atom. The van der Waals surface area contributed by atoms with Crippen molar-refractivity contribution in [2.24, 2.45) is 4.99 Å². The topological polar surface area (TPSA) is 83.9 Å². The minimum Gasteiger partial charge on any atom is -0.463 e. The van der Waals surface area contributed by atoms with E-state index in [0.717, 1.165) is 6.07 Å². The highest BCUT2D eigenvalue weighted by atomic mass is 35.5. The summed E-state index contributed by atoms with van der Waals surface area (Å²) >= 11 is 7.52. The fourth-order valence-electron chi connectivity index (χ4n) is 3.88. The van der Waals surface area contributed by atoms with Crippen molar-refractivity contribution >= 4 is 40.6 Å². The molecule has 0 aliphatic carbocycles. The molecule has 0 radical (unpaired) electrons. The Balaban J connectivity index is 1.84. The van der Waals surface area contributed by atoms with E-state index in [-0.39, 0.29) is 30.2 Å². The first-order valence-corrected chi connectivity index (χ1v) is 11.3. The van der Waals surface area contributed by atoms with Gasteiger partial charge in [0.25, 0.3) is 0 Å². The molecule has 1 aromatic heterocycles. The number of hydrogen-bond donors (Lipinski definition) is 1. The monoisotopic (exact) mass is 516 g/mol. The number of benzene rings is 1. The third-order valence-electron chi connectivity index (χ3n) is 5.23. The van der Waals surface area contributed by atoms with E-state index in [4.69, 9.17) is 16.3 Å². The van der Waals surface area contributed by atoms with Gasteiger partial charge < -0.3 is 15.0 Å². The summed E-state index contributed by atoms with van der Waals surface area (Å²) in [5, 5.41) is 4.13. The molecule has 180 valence electrons. The lowest BCUT2D eigenvalue weighted by Crippen LogP contribution is -2.45. The Labute approximate surface area is 200 Å². The summed E-state index contributed by atoms with van der Waals surface area (Å²) < 4.78 is 57.5. The molecule has 2 atom stereocenters. The zero-order valence-electron chi connectivity index (χ0n) is 17.5. The number of nitrogens with one attached hydrogen (secondary N) is 1. The van der Waals surface area contributed by atoms with Crippen LogP contribution in [0.25, 0.3) is 0 Å². The number of alkyl halides is 3. The van der Waals surface area contributed by atoms with Gasteiger partial charge in [-0.25, -0.2) is 14.2 Å². The van der Waals surface area contributed by atoms with E-state index in [1.54, 1.807) is 17.2 Å². The first-order valence-electron chi connectivity index (χ1n) is 10.1. The van der Waals surface area contributed by atoms with Crippen molar-refractivity contribution in [3.63, 3.8) is 0 Å². The number of hydrogen-bond acceptors (Lipinski definition) is 7. The van der Waals surface area contributed by atoms with Crippen LogP contribution in [0.4, 0.5) is 17.6 Å². The molecule has 0 bridgehead atoms. The molecule has 0 spiro atoms. The minimum absolute atomic E-state index is 0.0167. The normalized spacial score (nSPS) is 20.2. The van der Waals surface area contributed by atoms with Crippen molar-refractivity contribution in [1.82, 2.24) is 15.2 Å².